The Morgan fingerprint density at radius 3 is 2.84 bits per heavy atom. The normalized spacial score (nSPS) is 22.6. The molecule has 0 radical (unpaired) electrons. The van der Waals surface area contributed by atoms with Crippen LogP contribution in [0.25, 0.3) is 11.3 Å². The summed E-state index contributed by atoms with van der Waals surface area (Å²) in [7, 11) is 0. The molecule has 3 N–H and O–H groups in total. The van der Waals surface area contributed by atoms with E-state index in [-0.39, 0.29) is 36.1 Å². The summed E-state index contributed by atoms with van der Waals surface area (Å²) in [6.45, 7) is -0.624. The fourth-order valence-corrected chi connectivity index (χ4v) is 3.66. The lowest BCUT2D eigenvalue weighted by Gasteiger charge is -2.39. The van der Waals surface area contributed by atoms with Crippen LogP contribution < -0.4 is 15.4 Å². The lowest BCUT2D eigenvalue weighted by atomic mass is 9.86. The second-order valence-electron chi connectivity index (χ2n) is 7.87. The van der Waals surface area contributed by atoms with Crippen LogP contribution in [-0.2, 0) is 9.59 Å². The SMILES string of the molecule is N#Cc1cc(-c2cc(NC(=O)C3CC3)ncn2)ccc1O[C@]1(C(=O)CO)CCNC[C@H]1F. The molecule has 1 aliphatic heterocycles. The van der Waals surface area contributed by atoms with Crippen molar-refractivity contribution in [2.24, 2.45) is 5.92 Å². The van der Waals surface area contributed by atoms with Gasteiger partial charge in [0, 0.05) is 30.5 Å². The molecule has 1 aromatic heterocycles. The van der Waals surface area contributed by atoms with Gasteiger partial charge in [-0.25, -0.2) is 14.4 Å². The molecule has 32 heavy (non-hydrogen) atoms. The number of hydrogen-bond acceptors (Lipinski definition) is 8. The van der Waals surface area contributed by atoms with Crippen LogP contribution in [-0.4, -0.2) is 58.2 Å². The van der Waals surface area contributed by atoms with Crippen LogP contribution in [0.4, 0.5) is 10.2 Å². The van der Waals surface area contributed by atoms with Crippen molar-refractivity contribution in [2.75, 3.05) is 25.0 Å². The lowest BCUT2D eigenvalue weighted by molar-refractivity contribution is -0.146. The van der Waals surface area contributed by atoms with Crippen LogP contribution in [0.15, 0.2) is 30.6 Å². The fourth-order valence-electron chi connectivity index (χ4n) is 3.66. The maximum absolute atomic E-state index is 14.8. The van der Waals surface area contributed by atoms with Gasteiger partial charge in [0.15, 0.2) is 6.17 Å². The molecule has 2 fully saturated rings. The molecule has 0 unspecified atom stereocenters. The second kappa shape index (κ2) is 8.98. The molecule has 0 spiro atoms. The van der Waals surface area contributed by atoms with Crippen molar-refractivity contribution in [3.8, 4) is 23.1 Å². The number of nitrogens with one attached hydrogen (secondary N) is 2. The van der Waals surface area contributed by atoms with Crippen molar-refractivity contribution in [2.45, 2.75) is 31.0 Å². The van der Waals surface area contributed by atoms with E-state index in [1.807, 2.05) is 6.07 Å². The van der Waals surface area contributed by atoms with Gasteiger partial charge in [-0.1, -0.05) is 0 Å². The van der Waals surface area contributed by atoms with Crippen LogP contribution >= 0.6 is 0 Å². The van der Waals surface area contributed by atoms with Crippen LogP contribution in [0.2, 0.25) is 0 Å². The molecule has 166 valence electrons. The molecule has 2 aliphatic rings. The summed E-state index contributed by atoms with van der Waals surface area (Å²) in [6.07, 6.45) is 1.39. The smallest absolute Gasteiger partial charge is 0.228 e. The first-order valence-electron chi connectivity index (χ1n) is 10.3. The summed E-state index contributed by atoms with van der Waals surface area (Å²) in [6, 6.07) is 8.20. The van der Waals surface area contributed by atoms with E-state index in [2.05, 4.69) is 20.6 Å². The maximum Gasteiger partial charge on any atom is 0.228 e. The van der Waals surface area contributed by atoms with Gasteiger partial charge in [0.1, 0.15) is 30.6 Å². The zero-order chi connectivity index (χ0) is 22.7. The van der Waals surface area contributed by atoms with E-state index in [4.69, 9.17) is 4.74 Å². The monoisotopic (exact) mass is 439 g/mol. The highest BCUT2D eigenvalue weighted by atomic mass is 19.1. The van der Waals surface area contributed by atoms with Crippen molar-refractivity contribution in [3.05, 3.63) is 36.2 Å². The molecule has 2 heterocycles. The van der Waals surface area contributed by atoms with Gasteiger partial charge in [-0.15, -0.1) is 0 Å². The first kappa shape index (κ1) is 21.8. The Hall–Kier alpha value is -3.42. The van der Waals surface area contributed by atoms with E-state index in [0.29, 0.717) is 23.6 Å². The zero-order valence-corrected chi connectivity index (χ0v) is 17.2. The van der Waals surface area contributed by atoms with Crippen molar-refractivity contribution in [1.82, 2.24) is 15.3 Å². The molecule has 4 rings (SSSR count). The fraction of sp³-hybridized carbons (Fsp3) is 0.409. The molecule has 1 saturated carbocycles. The average Bonchev–Trinajstić information content (AvgIpc) is 3.66. The number of piperidine rings is 1. The average molecular weight is 439 g/mol. The van der Waals surface area contributed by atoms with E-state index in [1.54, 1.807) is 12.1 Å². The predicted molar refractivity (Wildman–Crippen MR) is 111 cm³/mol. The van der Waals surface area contributed by atoms with E-state index >= 15 is 0 Å². The molecule has 0 bridgehead atoms. The second-order valence-corrected chi connectivity index (χ2v) is 7.87. The minimum absolute atomic E-state index is 0.0240. The summed E-state index contributed by atoms with van der Waals surface area (Å²) >= 11 is 0. The summed E-state index contributed by atoms with van der Waals surface area (Å²) in [5.41, 5.74) is -0.744. The number of hydrogen-bond donors (Lipinski definition) is 3. The number of anilines is 1. The molecule has 2 aromatic rings. The highest BCUT2D eigenvalue weighted by Gasteiger charge is 2.50. The highest BCUT2D eigenvalue weighted by molar-refractivity contribution is 5.93. The van der Waals surface area contributed by atoms with Crippen LogP contribution in [0, 0.1) is 17.2 Å². The molecule has 1 aliphatic carbocycles. The van der Waals surface area contributed by atoms with Gasteiger partial charge >= 0.3 is 0 Å². The van der Waals surface area contributed by atoms with E-state index in [9.17, 15) is 24.3 Å². The summed E-state index contributed by atoms with van der Waals surface area (Å²) in [5.74, 6) is -0.436. The van der Waals surface area contributed by atoms with Crippen LogP contribution in [0.3, 0.4) is 0 Å². The Labute approximate surface area is 183 Å². The van der Waals surface area contributed by atoms with E-state index < -0.39 is 24.2 Å². The number of carbonyl (C=O) groups excluding carboxylic acids is 2. The van der Waals surface area contributed by atoms with Gasteiger partial charge in [-0.05, 0) is 37.6 Å². The zero-order valence-electron chi connectivity index (χ0n) is 17.2. The number of nitrogens with zero attached hydrogens (tertiary/aromatic N) is 3. The number of alkyl halides is 1. The first-order chi connectivity index (χ1) is 15.5. The van der Waals surface area contributed by atoms with Crippen molar-refractivity contribution >= 4 is 17.5 Å². The quantitative estimate of drug-likeness (QED) is 0.588. The molecule has 1 amide bonds. The van der Waals surface area contributed by atoms with E-state index in [0.717, 1.165) is 12.8 Å². The van der Waals surface area contributed by atoms with Gasteiger partial charge in [0.05, 0.1) is 11.3 Å². The Balaban J connectivity index is 1.61. The number of aromatic nitrogens is 2. The third-order valence-electron chi connectivity index (χ3n) is 5.67. The third-order valence-corrected chi connectivity index (χ3v) is 5.67. The standard InChI is InChI=1S/C22H22FN5O4/c23-18-10-25-6-5-22(18,19(30)11-29)32-17-4-3-14(7-15(17)9-24)16-8-20(27-12-26-16)28-21(31)13-1-2-13/h3-4,7-8,12-13,18,25,29H,1-2,5-6,10-11H2,(H,26,27,28,31)/t18-,22-/m1/s1. The Kier molecular flexibility index (Phi) is 6.12. The molecule has 1 saturated heterocycles. The number of aliphatic hydroxyl groups excluding tert-OH is 1. The van der Waals surface area contributed by atoms with E-state index in [1.165, 1.54) is 18.5 Å². The van der Waals surface area contributed by atoms with Crippen molar-refractivity contribution in [1.29, 1.82) is 5.26 Å². The number of Topliss-reactive ketones (excluding diaryl/α,β-unsaturated/α-hetero) is 1. The molecule has 2 atom stereocenters. The number of nitriles is 1. The molecular weight excluding hydrogens is 417 g/mol. The molecule has 9 nitrogen and oxygen atoms in total. The number of ketones is 1. The number of halogens is 1. The Morgan fingerprint density at radius 1 is 1.34 bits per heavy atom. The van der Waals surface area contributed by atoms with Gasteiger partial charge in [0.2, 0.25) is 17.3 Å². The lowest BCUT2D eigenvalue weighted by Crippen LogP contribution is -2.61. The Bertz CT molecular complexity index is 1080. The number of amides is 1. The van der Waals surface area contributed by atoms with Crippen LogP contribution in [0.5, 0.6) is 5.75 Å². The van der Waals surface area contributed by atoms with Gasteiger partial charge in [0.25, 0.3) is 0 Å². The maximum atomic E-state index is 14.8. The highest BCUT2D eigenvalue weighted by Crippen LogP contribution is 2.34. The number of rotatable bonds is 7. The van der Waals surface area contributed by atoms with Gasteiger partial charge in [-0.2, -0.15) is 5.26 Å². The summed E-state index contributed by atoms with van der Waals surface area (Å²) in [4.78, 5) is 32.6. The number of benzene rings is 1. The number of carbonyl (C=O) groups is 2. The minimum atomic E-state index is -1.86. The third kappa shape index (κ3) is 4.30. The number of ether oxygens (including phenoxy) is 1. The van der Waals surface area contributed by atoms with Crippen molar-refractivity contribution < 1.29 is 23.8 Å². The van der Waals surface area contributed by atoms with Gasteiger partial charge in [-0.3, -0.25) is 9.59 Å². The number of aliphatic hydroxyl groups is 1. The largest absolute Gasteiger partial charge is 0.475 e. The summed E-state index contributed by atoms with van der Waals surface area (Å²) < 4.78 is 20.6. The minimum Gasteiger partial charge on any atom is -0.475 e. The first-order valence-corrected chi connectivity index (χ1v) is 10.3. The van der Waals surface area contributed by atoms with Crippen molar-refractivity contribution in [3.63, 3.8) is 0 Å². The topological polar surface area (TPSA) is 137 Å². The van der Waals surface area contributed by atoms with Crippen LogP contribution in [0.1, 0.15) is 24.8 Å². The molecular formula is C22H22FN5O4. The van der Waals surface area contributed by atoms with Gasteiger partial charge < -0.3 is 20.5 Å². The Morgan fingerprint density at radius 2 is 2.16 bits per heavy atom. The predicted octanol–water partition coefficient (Wildman–Crippen LogP) is 1.37. The molecule has 1 aromatic carbocycles. The summed E-state index contributed by atoms with van der Waals surface area (Å²) in [5, 5.41) is 24.6. The molecule has 10 heteroatoms.